The molecule has 2 nitrogen and oxygen atoms in total. The number of benzene rings is 6. The van der Waals surface area contributed by atoms with E-state index in [4.69, 9.17) is 4.98 Å². The highest BCUT2D eigenvalue weighted by Gasteiger charge is 2.16. The molecule has 0 amide bonds. The van der Waals surface area contributed by atoms with Gasteiger partial charge in [-0.3, -0.25) is 4.98 Å². The lowest BCUT2D eigenvalue weighted by Gasteiger charge is -2.13. The molecule has 0 N–H and O–H groups in total. The molecule has 0 aliphatic rings. The van der Waals surface area contributed by atoms with Crippen molar-refractivity contribution in [1.29, 1.82) is 0 Å². The van der Waals surface area contributed by atoms with E-state index in [0.717, 1.165) is 27.0 Å². The van der Waals surface area contributed by atoms with Gasteiger partial charge in [0.2, 0.25) is 0 Å². The number of pyridine rings is 1. The summed E-state index contributed by atoms with van der Waals surface area (Å²) >= 11 is 0. The van der Waals surface area contributed by atoms with Crippen LogP contribution in [0, 0.1) is 0 Å². The number of aromatic nitrogens is 2. The van der Waals surface area contributed by atoms with Crippen molar-refractivity contribution in [3.05, 3.63) is 145 Å². The Morgan fingerprint density at radius 3 is 2.32 bits per heavy atom. The van der Waals surface area contributed by atoms with Gasteiger partial charge < -0.3 is 4.57 Å². The Morgan fingerprint density at radius 2 is 1.39 bits per heavy atom. The molecule has 0 radical (unpaired) electrons. The van der Waals surface area contributed by atoms with Crippen LogP contribution in [0.3, 0.4) is 0 Å². The molecule has 0 bridgehead atoms. The predicted octanol–water partition coefficient (Wildman–Crippen LogP) is 8.68. The third-order valence-electron chi connectivity index (χ3n) is 8.28. The normalized spacial score (nSPS) is 12.2. The van der Waals surface area contributed by atoms with Gasteiger partial charge in [0.05, 0.1) is 22.2 Å². The van der Waals surface area contributed by atoms with Crippen LogP contribution in [0.15, 0.2) is 134 Å². The van der Waals surface area contributed by atoms with Crippen molar-refractivity contribution in [2.75, 3.05) is 0 Å². The molecule has 0 unspecified atom stereocenters. The predicted molar refractivity (Wildman–Crippen MR) is 176 cm³/mol. The van der Waals surface area contributed by atoms with Crippen molar-refractivity contribution in [1.82, 2.24) is 9.55 Å². The second-order valence-electron chi connectivity index (χ2n) is 10.6. The second kappa shape index (κ2) is 9.04. The van der Waals surface area contributed by atoms with Crippen molar-refractivity contribution in [2.45, 2.75) is 0 Å². The minimum Gasteiger partial charge on any atom is -0.309 e. The van der Waals surface area contributed by atoms with Gasteiger partial charge in [0.1, 0.15) is 0 Å². The quantitative estimate of drug-likeness (QED) is 0.212. The first-order chi connectivity index (χ1) is 20.2. The van der Waals surface area contributed by atoms with Gasteiger partial charge in [-0.2, -0.15) is 0 Å². The fourth-order valence-electron chi connectivity index (χ4n) is 6.39. The average Bonchev–Trinajstić information content (AvgIpc) is 3.35. The Bertz CT molecular complexity index is 2460. The van der Waals surface area contributed by atoms with E-state index in [-0.39, 0.29) is 0 Å². The Kier molecular flexibility index (Phi) is 5.16. The highest BCUT2D eigenvalue weighted by atomic mass is 15.0. The van der Waals surface area contributed by atoms with E-state index < -0.39 is 0 Å². The first kappa shape index (κ1) is 23.4. The van der Waals surface area contributed by atoms with Gasteiger partial charge in [0.15, 0.2) is 0 Å². The van der Waals surface area contributed by atoms with Crippen LogP contribution in [0.5, 0.6) is 0 Å². The molecule has 8 aromatic rings. The number of hydrogen-bond acceptors (Lipinski definition) is 1. The van der Waals surface area contributed by atoms with E-state index >= 15 is 0 Å². The standard InChI is InChI=1S/C39H26N2/c1-3-8-31-25(2)14-15-30-23-28(18-20-32(30)31)29-19-21-36-34(24-29)33-11-4-5-12-35(33)41(36)37-13-6-9-26-16-17-27-10-7-22-40-39(27)38(26)37/h3-24H,1-2H2/b31-8+. The van der Waals surface area contributed by atoms with E-state index in [9.17, 15) is 0 Å². The number of allylic oxidation sites excluding steroid dienone is 1. The van der Waals surface area contributed by atoms with Gasteiger partial charge in [-0.1, -0.05) is 104 Å². The summed E-state index contributed by atoms with van der Waals surface area (Å²) < 4.78 is 2.40. The van der Waals surface area contributed by atoms with Gasteiger partial charge in [-0.25, -0.2) is 0 Å². The monoisotopic (exact) mass is 522 g/mol. The van der Waals surface area contributed by atoms with Gasteiger partial charge in [0.25, 0.3) is 0 Å². The molecule has 192 valence electrons. The molecule has 0 saturated heterocycles. The van der Waals surface area contributed by atoms with Crippen molar-refractivity contribution >= 4 is 66.9 Å². The summed E-state index contributed by atoms with van der Waals surface area (Å²) in [4.78, 5) is 4.82. The fraction of sp³-hybridized carbons (Fsp3) is 0. The number of nitrogens with zero attached hydrogens (tertiary/aromatic N) is 2. The molecule has 0 aliphatic carbocycles. The minimum atomic E-state index is 1.01. The molecular weight excluding hydrogens is 496 g/mol. The molecule has 2 aromatic heterocycles. The zero-order valence-corrected chi connectivity index (χ0v) is 22.5. The lowest BCUT2D eigenvalue weighted by molar-refractivity contribution is 1.20. The lowest BCUT2D eigenvalue weighted by atomic mass is 9.98. The molecule has 0 atom stereocenters. The maximum atomic E-state index is 4.82. The van der Waals surface area contributed by atoms with Crippen LogP contribution >= 0.6 is 0 Å². The maximum absolute atomic E-state index is 4.82. The van der Waals surface area contributed by atoms with Gasteiger partial charge in [0, 0.05) is 27.7 Å². The summed E-state index contributed by atoms with van der Waals surface area (Å²) in [5.41, 5.74) is 6.93. The van der Waals surface area contributed by atoms with E-state index in [1.54, 1.807) is 0 Å². The SMILES string of the molecule is C=C/C=c1\c(=C)ccc2cc(-c3ccc4c(c3)c3ccccc3n4-c3cccc4ccc5cccnc5c34)ccc12. The summed E-state index contributed by atoms with van der Waals surface area (Å²) in [6.07, 6.45) is 5.75. The van der Waals surface area contributed by atoms with Crippen LogP contribution in [-0.4, -0.2) is 9.55 Å². The minimum absolute atomic E-state index is 1.01. The molecular formula is C39H26N2. The molecule has 0 spiro atoms. The fourth-order valence-corrected chi connectivity index (χ4v) is 6.39. The smallest absolute Gasteiger partial charge is 0.0801 e. The van der Waals surface area contributed by atoms with Crippen molar-refractivity contribution in [2.24, 2.45) is 0 Å². The topological polar surface area (TPSA) is 17.8 Å². The number of para-hydroxylation sites is 1. The Balaban J connectivity index is 1.40. The van der Waals surface area contributed by atoms with Crippen LogP contribution < -0.4 is 10.4 Å². The van der Waals surface area contributed by atoms with E-state index in [1.165, 1.54) is 54.5 Å². The first-order valence-corrected chi connectivity index (χ1v) is 13.9. The molecule has 2 heterocycles. The number of hydrogen-bond donors (Lipinski definition) is 0. The lowest BCUT2D eigenvalue weighted by Crippen LogP contribution is -2.23. The molecule has 0 saturated carbocycles. The van der Waals surface area contributed by atoms with Crippen LogP contribution in [-0.2, 0) is 0 Å². The molecule has 6 aromatic carbocycles. The van der Waals surface area contributed by atoms with E-state index in [1.807, 2.05) is 24.4 Å². The summed E-state index contributed by atoms with van der Waals surface area (Å²) in [6, 6.07) is 41.5. The highest BCUT2D eigenvalue weighted by molar-refractivity contribution is 6.15. The Morgan fingerprint density at radius 1 is 0.610 bits per heavy atom. The van der Waals surface area contributed by atoms with E-state index in [2.05, 4.69) is 127 Å². The summed E-state index contributed by atoms with van der Waals surface area (Å²) in [6.45, 7) is 8.10. The zero-order valence-electron chi connectivity index (χ0n) is 22.5. The average molecular weight is 523 g/mol. The molecule has 0 fully saturated rings. The Labute approximate surface area is 237 Å². The van der Waals surface area contributed by atoms with Crippen LogP contribution in [0.4, 0.5) is 0 Å². The molecule has 41 heavy (non-hydrogen) atoms. The third-order valence-corrected chi connectivity index (χ3v) is 8.28. The number of fused-ring (bicyclic) bond motifs is 7. The largest absolute Gasteiger partial charge is 0.309 e. The van der Waals surface area contributed by atoms with Crippen LogP contribution in [0.25, 0.3) is 83.7 Å². The van der Waals surface area contributed by atoms with E-state index in [0.29, 0.717) is 0 Å². The van der Waals surface area contributed by atoms with Crippen molar-refractivity contribution in [3.8, 4) is 16.8 Å². The van der Waals surface area contributed by atoms with Gasteiger partial charge in [-0.05, 0) is 74.1 Å². The summed E-state index contributed by atoms with van der Waals surface area (Å²) in [7, 11) is 0. The Hall–Kier alpha value is -5.47. The highest BCUT2D eigenvalue weighted by Crippen LogP contribution is 2.38. The summed E-state index contributed by atoms with van der Waals surface area (Å²) in [5.74, 6) is 0. The second-order valence-corrected chi connectivity index (χ2v) is 10.6. The third kappa shape index (κ3) is 3.54. The van der Waals surface area contributed by atoms with Crippen molar-refractivity contribution in [3.63, 3.8) is 0 Å². The van der Waals surface area contributed by atoms with Gasteiger partial charge >= 0.3 is 0 Å². The van der Waals surface area contributed by atoms with Crippen LogP contribution in [0.2, 0.25) is 0 Å². The summed E-state index contributed by atoms with van der Waals surface area (Å²) in [5, 5.41) is 10.5. The first-order valence-electron chi connectivity index (χ1n) is 13.9. The zero-order chi connectivity index (χ0) is 27.5. The molecule has 8 rings (SSSR count). The van der Waals surface area contributed by atoms with Crippen molar-refractivity contribution < 1.29 is 0 Å². The van der Waals surface area contributed by atoms with Crippen LogP contribution in [0.1, 0.15) is 0 Å². The maximum Gasteiger partial charge on any atom is 0.0801 e. The van der Waals surface area contributed by atoms with Gasteiger partial charge in [-0.15, -0.1) is 0 Å². The molecule has 2 heteroatoms. The number of rotatable bonds is 3. The molecule has 0 aliphatic heterocycles.